The standard InChI is InChI=1S/C11H16N2O7/c1-6(18-2)9(12-11(17)19-3)10(16)20-13-7(14)4-5-8(13)15/h6,9H,4-5H2,1-3H3,(H,12,17)/t6-,9+/m1/s1. The van der Waals surface area contributed by atoms with Crippen LogP contribution in [0.5, 0.6) is 0 Å². The largest absolute Gasteiger partial charge is 0.453 e. The van der Waals surface area contributed by atoms with Gasteiger partial charge in [-0.1, -0.05) is 0 Å². The van der Waals surface area contributed by atoms with Crippen molar-refractivity contribution in [1.29, 1.82) is 0 Å². The lowest BCUT2D eigenvalue weighted by Crippen LogP contribution is -2.51. The molecule has 1 fully saturated rings. The maximum absolute atomic E-state index is 11.9. The van der Waals surface area contributed by atoms with E-state index in [0.29, 0.717) is 5.06 Å². The summed E-state index contributed by atoms with van der Waals surface area (Å²) in [6.07, 6.45) is -1.63. The fourth-order valence-corrected chi connectivity index (χ4v) is 1.49. The van der Waals surface area contributed by atoms with Gasteiger partial charge in [-0.3, -0.25) is 9.59 Å². The molecule has 0 aromatic rings. The van der Waals surface area contributed by atoms with E-state index in [-0.39, 0.29) is 12.8 Å². The quantitative estimate of drug-likeness (QED) is 0.669. The zero-order chi connectivity index (χ0) is 15.3. The number of methoxy groups -OCH3 is 2. The molecule has 1 heterocycles. The van der Waals surface area contributed by atoms with E-state index in [2.05, 4.69) is 10.1 Å². The Morgan fingerprint density at radius 2 is 1.75 bits per heavy atom. The third-order valence-electron chi connectivity index (χ3n) is 2.74. The Kier molecular flexibility index (Phi) is 5.44. The molecule has 9 heteroatoms. The fraction of sp³-hybridized carbons (Fsp3) is 0.636. The molecule has 0 aliphatic carbocycles. The van der Waals surface area contributed by atoms with Gasteiger partial charge in [-0.2, -0.15) is 0 Å². The highest BCUT2D eigenvalue weighted by Gasteiger charge is 2.37. The van der Waals surface area contributed by atoms with Crippen molar-refractivity contribution in [3.05, 3.63) is 0 Å². The van der Waals surface area contributed by atoms with Crippen molar-refractivity contribution in [1.82, 2.24) is 10.4 Å². The van der Waals surface area contributed by atoms with Crippen molar-refractivity contribution in [3.8, 4) is 0 Å². The molecule has 0 aromatic carbocycles. The first-order valence-corrected chi connectivity index (χ1v) is 5.85. The van der Waals surface area contributed by atoms with Gasteiger partial charge in [0, 0.05) is 20.0 Å². The zero-order valence-electron chi connectivity index (χ0n) is 11.4. The van der Waals surface area contributed by atoms with Gasteiger partial charge in [0.1, 0.15) is 0 Å². The van der Waals surface area contributed by atoms with E-state index < -0.39 is 36.0 Å². The van der Waals surface area contributed by atoms with Crippen molar-refractivity contribution >= 4 is 23.9 Å². The number of nitrogens with zero attached hydrogens (tertiary/aromatic N) is 1. The van der Waals surface area contributed by atoms with Crippen molar-refractivity contribution < 1.29 is 33.5 Å². The number of hydrogen-bond acceptors (Lipinski definition) is 7. The van der Waals surface area contributed by atoms with E-state index in [4.69, 9.17) is 9.57 Å². The van der Waals surface area contributed by atoms with Gasteiger partial charge < -0.3 is 19.6 Å². The maximum Gasteiger partial charge on any atom is 0.407 e. The molecule has 9 nitrogen and oxygen atoms in total. The SMILES string of the molecule is COC(=O)N[C@H](C(=O)ON1C(=O)CCC1=O)[C@@H](C)OC. The summed E-state index contributed by atoms with van der Waals surface area (Å²) in [5, 5.41) is 2.61. The molecule has 1 aliphatic rings. The van der Waals surface area contributed by atoms with Crippen LogP contribution in [0, 0.1) is 0 Å². The summed E-state index contributed by atoms with van der Waals surface area (Å²) < 4.78 is 9.31. The maximum atomic E-state index is 11.9. The van der Waals surface area contributed by atoms with Crippen LogP contribution in [0.15, 0.2) is 0 Å². The number of hydroxylamine groups is 2. The molecule has 0 saturated carbocycles. The first-order valence-electron chi connectivity index (χ1n) is 5.85. The van der Waals surface area contributed by atoms with Crippen molar-refractivity contribution in [2.75, 3.05) is 14.2 Å². The molecule has 1 aliphatic heterocycles. The first kappa shape index (κ1) is 15.9. The zero-order valence-corrected chi connectivity index (χ0v) is 11.4. The highest BCUT2D eigenvalue weighted by molar-refractivity contribution is 6.01. The van der Waals surface area contributed by atoms with Gasteiger partial charge >= 0.3 is 12.1 Å². The van der Waals surface area contributed by atoms with E-state index in [0.717, 1.165) is 7.11 Å². The van der Waals surface area contributed by atoms with Crippen LogP contribution in [-0.2, 0) is 28.7 Å². The number of amides is 3. The van der Waals surface area contributed by atoms with Crippen LogP contribution < -0.4 is 5.32 Å². The van der Waals surface area contributed by atoms with Crippen LogP contribution in [0.1, 0.15) is 19.8 Å². The Morgan fingerprint density at radius 1 is 1.20 bits per heavy atom. The topological polar surface area (TPSA) is 111 Å². The molecule has 0 aromatic heterocycles. The Balaban J connectivity index is 2.74. The molecule has 1 N–H and O–H groups in total. The third-order valence-corrected chi connectivity index (χ3v) is 2.74. The molecule has 3 amide bonds. The molecule has 0 spiro atoms. The van der Waals surface area contributed by atoms with E-state index in [1.54, 1.807) is 0 Å². The van der Waals surface area contributed by atoms with Crippen LogP contribution in [0.2, 0.25) is 0 Å². The monoisotopic (exact) mass is 288 g/mol. The van der Waals surface area contributed by atoms with Crippen molar-refractivity contribution in [3.63, 3.8) is 0 Å². The second-order valence-corrected chi connectivity index (χ2v) is 4.05. The van der Waals surface area contributed by atoms with Gasteiger partial charge in [0.2, 0.25) is 0 Å². The predicted octanol–water partition coefficient (Wildman–Crippen LogP) is -0.647. The Morgan fingerprint density at radius 3 is 2.20 bits per heavy atom. The minimum absolute atomic E-state index is 0.0129. The Hall–Kier alpha value is -2.16. The molecular formula is C11H16N2O7. The molecule has 1 rings (SSSR count). The first-order chi connectivity index (χ1) is 9.40. The van der Waals surface area contributed by atoms with Crippen LogP contribution in [0.3, 0.4) is 0 Å². The number of rotatable bonds is 5. The van der Waals surface area contributed by atoms with E-state index in [1.807, 2.05) is 0 Å². The number of alkyl carbamates (subject to hydrolysis) is 1. The number of imide groups is 1. The van der Waals surface area contributed by atoms with Crippen LogP contribution in [0.25, 0.3) is 0 Å². The van der Waals surface area contributed by atoms with E-state index >= 15 is 0 Å². The summed E-state index contributed by atoms with van der Waals surface area (Å²) in [5.74, 6) is -2.20. The highest BCUT2D eigenvalue weighted by Crippen LogP contribution is 2.13. The van der Waals surface area contributed by atoms with Gasteiger partial charge in [-0.05, 0) is 6.92 Å². The van der Waals surface area contributed by atoms with Gasteiger partial charge in [0.25, 0.3) is 11.8 Å². The summed E-state index contributed by atoms with van der Waals surface area (Å²) in [7, 11) is 2.46. The smallest absolute Gasteiger partial charge is 0.407 e. The van der Waals surface area contributed by atoms with E-state index in [9.17, 15) is 19.2 Å². The molecule has 112 valence electrons. The summed E-state index contributed by atoms with van der Waals surface area (Å²) in [6, 6.07) is -1.21. The average Bonchev–Trinajstić information content (AvgIpc) is 2.75. The second-order valence-electron chi connectivity index (χ2n) is 4.05. The number of carbonyl (C=O) groups excluding carboxylic acids is 4. The van der Waals surface area contributed by atoms with Crippen LogP contribution >= 0.6 is 0 Å². The minimum Gasteiger partial charge on any atom is -0.453 e. The lowest BCUT2D eigenvalue weighted by Gasteiger charge is -2.23. The van der Waals surface area contributed by atoms with Gasteiger partial charge in [-0.15, -0.1) is 5.06 Å². The molecule has 1 saturated heterocycles. The second kappa shape index (κ2) is 6.85. The van der Waals surface area contributed by atoms with Crippen LogP contribution in [-0.4, -0.2) is 55.3 Å². The average molecular weight is 288 g/mol. The summed E-state index contributed by atoms with van der Waals surface area (Å²) in [5.41, 5.74) is 0. The Bertz CT molecular complexity index is 407. The number of hydrogen-bond donors (Lipinski definition) is 1. The lowest BCUT2D eigenvalue weighted by molar-refractivity contribution is -0.200. The number of nitrogens with one attached hydrogen (secondary N) is 1. The number of ether oxygens (including phenoxy) is 2. The van der Waals surface area contributed by atoms with E-state index in [1.165, 1.54) is 14.0 Å². The summed E-state index contributed by atoms with van der Waals surface area (Å²) >= 11 is 0. The van der Waals surface area contributed by atoms with Gasteiger partial charge in [0.15, 0.2) is 6.04 Å². The highest BCUT2D eigenvalue weighted by atomic mass is 16.7. The van der Waals surface area contributed by atoms with Crippen molar-refractivity contribution in [2.24, 2.45) is 0 Å². The Labute approximate surface area is 115 Å². The summed E-state index contributed by atoms with van der Waals surface area (Å²) in [4.78, 5) is 50.5. The summed E-state index contributed by atoms with van der Waals surface area (Å²) in [6.45, 7) is 1.51. The van der Waals surface area contributed by atoms with Gasteiger partial charge in [0.05, 0.1) is 13.2 Å². The lowest BCUT2D eigenvalue weighted by atomic mass is 10.2. The fourth-order valence-electron chi connectivity index (χ4n) is 1.49. The number of carbonyl (C=O) groups is 4. The molecule has 2 atom stereocenters. The molecular weight excluding hydrogens is 272 g/mol. The third kappa shape index (κ3) is 3.67. The molecule has 0 unspecified atom stereocenters. The molecule has 20 heavy (non-hydrogen) atoms. The van der Waals surface area contributed by atoms with Crippen LogP contribution in [0.4, 0.5) is 4.79 Å². The molecule has 0 radical (unpaired) electrons. The predicted molar refractivity (Wildman–Crippen MR) is 63.0 cm³/mol. The molecule has 0 bridgehead atoms. The van der Waals surface area contributed by atoms with Crippen molar-refractivity contribution in [2.45, 2.75) is 31.9 Å². The normalized spacial score (nSPS) is 17.6. The van der Waals surface area contributed by atoms with Gasteiger partial charge in [-0.25, -0.2) is 9.59 Å². The minimum atomic E-state index is -1.21.